The summed E-state index contributed by atoms with van der Waals surface area (Å²) in [5, 5.41) is 11.6. The second-order valence-electron chi connectivity index (χ2n) is 4.38. The van der Waals surface area contributed by atoms with Crippen LogP contribution in [0.3, 0.4) is 0 Å². The van der Waals surface area contributed by atoms with Crippen LogP contribution in [0.1, 0.15) is 37.4 Å². The molecule has 0 saturated heterocycles. The first-order valence-electron chi connectivity index (χ1n) is 6.25. The summed E-state index contributed by atoms with van der Waals surface area (Å²) in [6, 6.07) is 8.01. The zero-order valence-electron chi connectivity index (χ0n) is 11.3. The lowest BCUT2D eigenvalue weighted by Crippen LogP contribution is -2.10. The highest BCUT2D eigenvalue weighted by atomic mass is 32.1. The van der Waals surface area contributed by atoms with Crippen molar-refractivity contribution in [3.05, 3.63) is 51.2 Å². The average molecular weight is 289 g/mol. The Morgan fingerprint density at radius 2 is 1.90 bits per heavy atom. The SMILES string of the molecule is CCc1cc(C(=O)Nc2ccc(C(=O)O)cc2)sc1C. The summed E-state index contributed by atoms with van der Waals surface area (Å²) in [7, 11) is 0. The standard InChI is InChI=1S/C15H15NO3S/c1-3-10-8-13(20-9(10)2)14(17)16-12-6-4-11(5-7-12)15(18)19/h4-8H,3H2,1-2H3,(H,16,17)(H,18,19). The summed E-state index contributed by atoms with van der Waals surface area (Å²) in [6.07, 6.45) is 0.906. The van der Waals surface area contributed by atoms with Gasteiger partial charge in [0.25, 0.3) is 5.91 Å². The van der Waals surface area contributed by atoms with Gasteiger partial charge in [0, 0.05) is 10.6 Å². The number of carboxylic acid groups (broad SMARTS) is 1. The van der Waals surface area contributed by atoms with Crippen molar-refractivity contribution >= 4 is 28.9 Å². The molecular formula is C15H15NO3S. The van der Waals surface area contributed by atoms with E-state index < -0.39 is 5.97 Å². The number of carbonyl (C=O) groups is 2. The van der Waals surface area contributed by atoms with Crippen LogP contribution in [0.2, 0.25) is 0 Å². The van der Waals surface area contributed by atoms with E-state index in [0.717, 1.165) is 11.3 Å². The minimum Gasteiger partial charge on any atom is -0.478 e. The van der Waals surface area contributed by atoms with Gasteiger partial charge in [-0.05, 0) is 49.2 Å². The zero-order valence-corrected chi connectivity index (χ0v) is 12.1. The van der Waals surface area contributed by atoms with Crippen molar-refractivity contribution in [1.82, 2.24) is 0 Å². The third kappa shape index (κ3) is 3.05. The number of aromatic carboxylic acids is 1. The first-order valence-corrected chi connectivity index (χ1v) is 7.07. The van der Waals surface area contributed by atoms with Crippen LogP contribution < -0.4 is 5.32 Å². The van der Waals surface area contributed by atoms with E-state index in [2.05, 4.69) is 12.2 Å². The summed E-state index contributed by atoms with van der Waals surface area (Å²) in [5.41, 5.74) is 1.97. The molecule has 0 bridgehead atoms. The van der Waals surface area contributed by atoms with Crippen molar-refractivity contribution in [3.63, 3.8) is 0 Å². The number of carboxylic acids is 1. The third-order valence-corrected chi connectivity index (χ3v) is 4.11. The summed E-state index contributed by atoms with van der Waals surface area (Å²) < 4.78 is 0. The lowest BCUT2D eigenvalue weighted by molar-refractivity contribution is 0.0696. The molecule has 0 aliphatic heterocycles. The second kappa shape index (κ2) is 5.88. The molecule has 0 fully saturated rings. The van der Waals surface area contributed by atoms with E-state index in [4.69, 9.17) is 5.11 Å². The molecule has 20 heavy (non-hydrogen) atoms. The molecule has 1 aromatic heterocycles. The van der Waals surface area contributed by atoms with Crippen molar-refractivity contribution in [3.8, 4) is 0 Å². The van der Waals surface area contributed by atoms with Crippen LogP contribution >= 0.6 is 11.3 Å². The Hall–Kier alpha value is -2.14. The number of aryl methyl sites for hydroxylation is 2. The highest BCUT2D eigenvalue weighted by Crippen LogP contribution is 2.23. The predicted molar refractivity (Wildman–Crippen MR) is 79.8 cm³/mol. The number of rotatable bonds is 4. The molecule has 1 amide bonds. The van der Waals surface area contributed by atoms with Gasteiger partial charge in [-0.25, -0.2) is 4.79 Å². The minimum atomic E-state index is -0.982. The zero-order chi connectivity index (χ0) is 14.7. The van der Waals surface area contributed by atoms with Gasteiger partial charge in [-0.15, -0.1) is 11.3 Å². The molecule has 0 spiro atoms. The average Bonchev–Trinajstić information content (AvgIpc) is 2.80. The van der Waals surface area contributed by atoms with Crippen molar-refractivity contribution < 1.29 is 14.7 Å². The van der Waals surface area contributed by atoms with Crippen molar-refractivity contribution in [2.45, 2.75) is 20.3 Å². The summed E-state index contributed by atoms with van der Waals surface area (Å²) >= 11 is 1.47. The molecule has 104 valence electrons. The molecule has 0 aliphatic carbocycles. The topological polar surface area (TPSA) is 66.4 Å². The highest BCUT2D eigenvalue weighted by Gasteiger charge is 2.12. The van der Waals surface area contributed by atoms with E-state index in [-0.39, 0.29) is 11.5 Å². The van der Waals surface area contributed by atoms with Crippen LogP contribution in [-0.4, -0.2) is 17.0 Å². The first kappa shape index (κ1) is 14.3. The molecule has 1 heterocycles. The largest absolute Gasteiger partial charge is 0.478 e. The van der Waals surface area contributed by atoms with Gasteiger partial charge in [-0.1, -0.05) is 6.92 Å². The van der Waals surface area contributed by atoms with Gasteiger partial charge in [-0.3, -0.25) is 4.79 Å². The molecule has 5 heteroatoms. The number of amides is 1. The Kier molecular flexibility index (Phi) is 4.20. The Morgan fingerprint density at radius 1 is 1.25 bits per heavy atom. The number of thiophene rings is 1. The molecule has 0 unspecified atom stereocenters. The molecule has 0 aliphatic rings. The number of benzene rings is 1. The Balaban J connectivity index is 2.12. The molecule has 1 aromatic carbocycles. The van der Waals surface area contributed by atoms with Crippen LogP contribution in [0.15, 0.2) is 30.3 Å². The van der Waals surface area contributed by atoms with Gasteiger partial charge >= 0.3 is 5.97 Å². The maximum Gasteiger partial charge on any atom is 0.335 e. The summed E-state index contributed by atoms with van der Waals surface area (Å²) in [5.74, 6) is -1.15. The molecule has 0 saturated carbocycles. The molecule has 2 N–H and O–H groups in total. The van der Waals surface area contributed by atoms with E-state index in [9.17, 15) is 9.59 Å². The minimum absolute atomic E-state index is 0.166. The van der Waals surface area contributed by atoms with Gasteiger partial charge in [0.15, 0.2) is 0 Å². The van der Waals surface area contributed by atoms with Gasteiger partial charge in [0.1, 0.15) is 0 Å². The normalized spacial score (nSPS) is 10.3. The van der Waals surface area contributed by atoms with E-state index in [1.165, 1.54) is 29.0 Å². The molecule has 2 rings (SSSR count). The maximum absolute atomic E-state index is 12.1. The molecule has 2 aromatic rings. The smallest absolute Gasteiger partial charge is 0.335 e. The molecular weight excluding hydrogens is 274 g/mol. The van der Waals surface area contributed by atoms with Crippen LogP contribution in [-0.2, 0) is 6.42 Å². The number of hydrogen-bond acceptors (Lipinski definition) is 3. The fourth-order valence-electron chi connectivity index (χ4n) is 1.87. The lowest BCUT2D eigenvalue weighted by atomic mass is 10.2. The molecule has 0 atom stereocenters. The van der Waals surface area contributed by atoms with E-state index in [1.54, 1.807) is 12.1 Å². The lowest BCUT2D eigenvalue weighted by Gasteiger charge is -2.03. The fraction of sp³-hybridized carbons (Fsp3) is 0.200. The number of anilines is 1. The quantitative estimate of drug-likeness (QED) is 0.904. The van der Waals surface area contributed by atoms with Gasteiger partial charge < -0.3 is 10.4 Å². The summed E-state index contributed by atoms with van der Waals surface area (Å²) in [4.78, 5) is 24.7. The third-order valence-electron chi connectivity index (χ3n) is 3.01. The number of carbonyl (C=O) groups excluding carboxylic acids is 1. The Labute approximate surface area is 121 Å². The Morgan fingerprint density at radius 3 is 2.40 bits per heavy atom. The van der Waals surface area contributed by atoms with E-state index in [0.29, 0.717) is 10.6 Å². The second-order valence-corrected chi connectivity index (χ2v) is 5.64. The van der Waals surface area contributed by atoms with Crippen molar-refractivity contribution in [2.24, 2.45) is 0 Å². The van der Waals surface area contributed by atoms with E-state index in [1.807, 2.05) is 13.0 Å². The van der Waals surface area contributed by atoms with Gasteiger partial charge in [0.2, 0.25) is 0 Å². The van der Waals surface area contributed by atoms with Crippen LogP contribution in [0, 0.1) is 6.92 Å². The van der Waals surface area contributed by atoms with Crippen molar-refractivity contribution in [1.29, 1.82) is 0 Å². The predicted octanol–water partition coefficient (Wildman–Crippen LogP) is 3.57. The highest BCUT2D eigenvalue weighted by molar-refractivity contribution is 7.14. The Bertz CT molecular complexity index is 644. The monoisotopic (exact) mass is 289 g/mol. The van der Waals surface area contributed by atoms with Gasteiger partial charge in [0.05, 0.1) is 10.4 Å². The first-order chi connectivity index (χ1) is 9.51. The van der Waals surface area contributed by atoms with Gasteiger partial charge in [-0.2, -0.15) is 0 Å². The molecule has 0 radical (unpaired) electrons. The molecule has 4 nitrogen and oxygen atoms in total. The van der Waals surface area contributed by atoms with Crippen LogP contribution in [0.4, 0.5) is 5.69 Å². The van der Waals surface area contributed by atoms with Crippen molar-refractivity contribution in [2.75, 3.05) is 5.32 Å². The van der Waals surface area contributed by atoms with Crippen LogP contribution in [0.25, 0.3) is 0 Å². The van der Waals surface area contributed by atoms with Crippen LogP contribution in [0.5, 0.6) is 0 Å². The number of hydrogen-bond donors (Lipinski definition) is 2. The maximum atomic E-state index is 12.1. The number of nitrogens with one attached hydrogen (secondary N) is 1. The van der Waals surface area contributed by atoms with E-state index >= 15 is 0 Å². The summed E-state index contributed by atoms with van der Waals surface area (Å²) in [6.45, 7) is 4.06. The fourth-order valence-corrected chi connectivity index (χ4v) is 2.88.